The first-order valence-electron chi connectivity index (χ1n) is 7.39. The molecule has 0 aromatic carbocycles. The predicted molar refractivity (Wildman–Crippen MR) is 80.6 cm³/mol. The van der Waals surface area contributed by atoms with Gasteiger partial charge in [0.25, 0.3) is 0 Å². The fourth-order valence-corrected chi connectivity index (χ4v) is 2.74. The first-order valence-corrected chi connectivity index (χ1v) is 7.39. The number of nitrogens with zero attached hydrogens (tertiary/aromatic N) is 3. The van der Waals surface area contributed by atoms with Crippen LogP contribution in [0.25, 0.3) is 0 Å². The molecule has 1 atom stereocenters. The lowest BCUT2D eigenvalue weighted by atomic mass is 9.99. The SMILES string of the molecule is CCCc1nc(NN)c(C)c(N2CCCC(CO)C2)n1. The molecule has 6 nitrogen and oxygen atoms in total. The van der Waals surface area contributed by atoms with Gasteiger partial charge >= 0.3 is 0 Å². The van der Waals surface area contributed by atoms with Crippen molar-refractivity contribution in [1.29, 1.82) is 0 Å². The Bertz CT molecular complexity index is 451. The molecule has 0 aliphatic carbocycles. The minimum Gasteiger partial charge on any atom is -0.396 e. The maximum absolute atomic E-state index is 9.37. The van der Waals surface area contributed by atoms with Crippen LogP contribution in [0.3, 0.4) is 0 Å². The van der Waals surface area contributed by atoms with Crippen molar-refractivity contribution in [1.82, 2.24) is 9.97 Å². The number of hydrogen-bond acceptors (Lipinski definition) is 6. The second-order valence-corrected chi connectivity index (χ2v) is 5.47. The number of anilines is 2. The summed E-state index contributed by atoms with van der Waals surface area (Å²) in [5.41, 5.74) is 3.65. The first-order chi connectivity index (χ1) is 9.69. The summed E-state index contributed by atoms with van der Waals surface area (Å²) in [7, 11) is 0. The van der Waals surface area contributed by atoms with Crippen LogP contribution in [-0.4, -0.2) is 34.8 Å². The van der Waals surface area contributed by atoms with Crippen molar-refractivity contribution in [3.05, 3.63) is 11.4 Å². The van der Waals surface area contributed by atoms with E-state index in [9.17, 15) is 5.11 Å². The smallest absolute Gasteiger partial charge is 0.148 e. The Morgan fingerprint density at radius 3 is 2.90 bits per heavy atom. The summed E-state index contributed by atoms with van der Waals surface area (Å²) >= 11 is 0. The Hall–Kier alpha value is -1.40. The zero-order chi connectivity index (χ0) is 14.5. The molecule has 1 aromatic heterocycles. The highest BCUT2D eigenvalue weighted by molar-refractivity contribution is 5.58. The number of aliphatic hydroxyl groups is 1. The lowest BCUT2D eigenvalue weighted by Crippen LogP contribution is -2.38. The molecule has 1 unspecified atom stereocenters. The maximum Gasteiger partial charge on any atom is 0.148 e. The summed E-state index contributed by atoms with van der Waals surface area (Å²) in [5, 5.41) is 9.37. The van der Waals surface area contributed by atoms with Gasteiger partial charge in [-0.25, -0.2) is 15.8 Å². The van der Waals surface area contributed by atoms with Crippen molar-refractivity contribution in [2.75, 3.05) is 30.0 Å². The third-order valence-electron chi connectivity index (χ3n) is 3.85. The summed E-state index contributed by atoms with van der Waals surface area (Å²) in [6, 6.07) is 0. The van der Waals surface area contributed by atoms with Gasteiger partial charge in [-0.1, -0.05) is 6.92 Å². The van der Waals surface area contributed by atoms with Crippen LogP contribution in [0.1, 0.15) is 37.6 Å². The minimum atomic E-state index is 0.241. The van der Waals surface area contributed by atoms with E-state index < -0.39 is 0 Å². The Morgan fingerprint density at radius 1 is 1.45 bits per heavy atom. The molecule has 2 rings (SSSR count). The minimum absolute atomic E-state index is 0.241. The van der Waals surface area contributed by atoms with Crippen molar-refractivity contribution in [2.24, 2.45) is 11.8 Å². The van der Waals surface area contributed by atoms with Crippen LogP contribution in [0, 0.1) is 12.8 Å². The fraction of sp³-hybridized carbons (Fsp3) is 0.714. The summed E-state index contributed by atoms with van der Waals surface area (Å²) in [6.07, 6.45) is 4.02. The van der Waals surface area contributed by atoms with E-state index in [1.807, 2.05) is 6.92 Å². The van der Waals surface area contributed by atoms with Crippen LogP contribution in [0.4, 0.5) is 11.6 Å². The zero-order valence-corrected chi connectivity index (χ0v) is 12.4. The second-order valence-electron chi connectivity index (χ2n) is 5.47. The van der Waals surface area contributed by atoms with Crippen LogP contribution in [0.2, 0.25) is 0 Å². The van der Waals surface area contributed by atoms with E-state index in [0.717, 1.165) is 56.0 Å². The Morgan fingerprint density at radius 2 is 2.25 bits per heavy atom. The zero-order valence-electron chi connectivity index (χ0n) is 12.4. The normalized spacial score (nSPS) is 19.2. The second kappa shape index (κ2) is 6.85. The van der Waals surface area contributed by atoms with E-state index in [1.54, 1.807) is 0 Å². The molecule has 0 radical (unpaired) electrons. The van der Waals surface area contributed by atoms with Crippen LogP contribution < -0.4 is 16.2 Å². The molecule has 0 saturated carbocycles. The van der Waals surface area contributed by atoms with Crippen LogP contribution in [0.5, 0.6) is 0 Å². The quantitative estimate of drug-likeness (QED) is 0.555. The van der Waals surface area contributed by atoms with Crippen molar-refractivity contribution in [3.63, 3.8) is 0 Å². The van der Waals surface area contributed by atoms with Crippen molar-refractivity contribution < 1.29 is 5.11 Å². The van der Waals surface area contributed by atoms with E-state index in [2.05, 4.69) is 22.2 Å². The average molecular weight is 279 g/mol. The number of piperidine rings is 1. The van der Waals surface area contributed by atoms with Gasteiger partial charge in [0.1, 0.15) is 17.5 Å². The molecule has 20 heavy (non-hydrogen) atoms. The molecule has 1 saturated heterocycles. The number of nitrogens with one attached hydrogen (secondary N) is 1. The molecular formula is C14H25N5O. The highest BCUT2D eigenvalue weighted by atomic mass is 16.3. The number of aromatic nitrogens is 2. The van der Waals surface area contributed by atoms with Gasteiger partial charge < -0.3 is 15.4 Å². The predicted octanol–water partition coefficient (Wildman–Crippen LogP) is 1.23. The molecule has 1 aliphatic rings. The summed E-state index contributed by atoms with van der Waals surface area (Å²) in [5.74, 6) is 8.38. The number of nitrogen functional groups attached to an aromatic ring is 1. The molecule has 1 aliphatic heterocycles. The van der Waals surface area contributed by atoms with E-state index in [0.29, 0.717) is 11.7 Å². The molecule has 1 aromatic rings. The summed E-state index contributed by atoms with van der Waals surface area (Å²) in [6.45, 7) is 6.17. The Balaban J connectivity index is 2.31. The first kappa shape index (κ1) is 15.0. The average Bonchev–Trinajstić information content (AvgIpc) is 2.49. The monoisotopic (exact) mass is 279 g/mol. The molecule has 2 heterocycles. The Kier molecular flexibility index (Phi) is 5.14. The van der Waals surface area contributed by atoms with Crippen molar-refractivity contribution in [2.45, 2.75) is 39.5 Å². The van der Waals surface area contributed by atoms with E-state index in [4.69, 9.17) is 10.8 Å². The van der Waals surface area contributed by atoms with E-state index >= 15 is 0 Å². The van der Waals surface area contributed by atoms with Crippen molar-refractivity contribution >= 4 is 11.6 Å². The number of hydrazine groups is 1. The molecule has 1 fully saturated rings. The fourth-order valence-electron chi connectivity index (χ4n) is 2.74. The van der Waals surface area contributed by atoms with Gasteiger partial charge in [-0.3, -0.25) is 0 Å². The maximum atomic E-state index is 9.37. The molecule has 0 amide bonds. The van der Waals surface area contributed by atoms with E-state index in [1.165, 1.54) is 0 Å². The Labute approximate surface area is 120 Å². The summed E-state index contributed by atoms with van der Waals surface area (Å²) < 4.78 is 0. The third kappa shape index (κ3) is 3.19. The van der Waals surface area contributed by atoms with Gasteiger partial charge in [0.05, 0.1) is 0 Å². The van der Waals surface area contributed by atoms with Gasteiger partial charge in [0.15, 0.2) is 0 Å². The molecule has 6 heteroatoms. The molecule has 112 valence electrons. The van der Waals surface area contributed by atoms with Crippen molar-refractivity contribution in [3.8, 4) is 0 Å². The highest BCUT2D eigenvalue weighted by Gasteiger charge is 2.23. The van der Waals surface area contributed by atoms with Gasteiger partial charge in [-0.05, 0) is 32.1 Å². The van der Waals surface area contributed by atoms with Crippen LogP contribution in [-0.2, 0) is 6.42 Å². The number of rotatable bonds is 5. The van der Waals surface area contributed by atoms with Crippen LogP contribution in [0.15, 0.2) is 0 Å². The number of nitrogens with two attached hydrogens (primary N) is 1. The van der Waals surface area contributed by atoms with Gasteiger partial charge in [0, 0.05) is 31.7 Å². The largest absolute Gasteiger partial charge is 0.396 e. The van der Waals surface area contributed by atoms with E-state index in [-0.39, 0.29) is 6.61 Å². The molecular weight excluding hydrogens is 254 g/mol. The number of aliphatic hydroxyl groups excluding tert-OH is 1. The topological polar surface area (TPSA) is 87.3 Å². The van der Waals surface area contributed by atoms with Gasteiger partial charge in [0.2, 0.25) is 0 Å². The molecule has 0 bridgehead atoms. The lowest BCUT2D eigenvalue weighted by molar-refractivity contribution is 0.208. The number of hydrogen-bond donors (Lipinski definition) is 3. The standard InChI is InChI=1S/C14H25N5O/c1-3-5-12-16-13(18-15)10(2)14(17-12)19-7-4-6-11(8-19)9-20/h11,20H,3-9,15H2,1-2H3,(H,16,17,18). The summed E-state index contributed by atoms with van der Waals surface area (Å²) in [4.78, 5) is 11.4. The van der Waals surface area contributed by atoms with Crippen LogP contribution >= 0.6 is 0 Å². The molecule has 0 spiro atoms. The number of aryl methyl sites for hydroxylation is 1. The van der Waals surface area contributed by atoms with Gasteiger partial charge in [-0.15, -0.1) is 0 Å². The molecule has 4 N–H and O–H groups in total. The third-order valence-corrected chi connectivity index (χ3v) is 3.85. The lowest BCUT2D eigenvalue weighted by Gasteiger charge is -2.34. The highest BCUT2D eigenvalue weighted by Crippen LogP contribution is 2.27. The van der Waals surface area contributed by atoms with Gasteiger partial charge in [-0.2, -0.15) is 0 Å².